The molecule has 1 saturated heterocycles. The highest BCUT2D eigenvalue weighted by atomic mass is 15.3. The number of hydrogen-bond acceptors (Lipinski definition) is 5. The molecule has 0 spiro atoms. The van der Waals surface area contributed by atoms with E-state index in [0.29, 0.717) is 12.1 Å². The normalized spacial score (nSPS) is 23.1. The molecule has 1 aliphatic rings. The van der Waals surface area contributed by atoms with Gasteiger partial charge in [0.2, 0.25) is 0 Å². The number of likely N-dealkylation sites (N-methyl/N-ethyl adjacent to an activating group) is 1. The minimum atomic E-state index is 0.440. The average molecular weight is 274 g/mol. The van der Waals surface area contributed by atoms with Crippen molar-refractivity contribution >= 4 is 17.0 Å². The molecule has 0 aliphatic carbocycles. The summed E-state index contributed by atoms with van der Waals surface area (Å²) >= 11 is 0. The first-order chi connectivity index (χ1) is 9.63. The highest BCUT2D eigenvalue weighted by molar-refractivity contribution is 5.83. The Hall–Kier alpha value is -1.69. The molecule has 0 radical (unpaired) electrons. The zero-order chi connectivity index (χ0) is 14.3. The van der Waals surface area contributed by atoms with Crippen molar-refractivity contribution in [3.8, 4) is 0 Å². The van der Waals surface area contributed by atoms with E-state index in [9.17, 15) is 0 Å². The second-order valence-electron chi connectivity index (χ2n) is 5.65. The fourth-order valence-electron chi connectivity index (χ4n) is 3.22. The lowest BCUT2D eigenvalue weighted by Crippen LogP contribution is -2.40. The summed E-state index contributed by atoms with van der Waals surface area (Å²) in [4.78, 5) is 18.1. The molecule has 108 valence electrons. The van der Waals surface area contributed by atoms with E-state index in [0.717, 1.165) is 36.5 Å². The number of imidazole rings is 1. The first kappa shape index (κ1) is 13.3. The molecule has 0 saturated carbocycles. The van der Waals surface area contributed by atoms with Gasteiger partial charge in [-0.05, 0) is 34.4 Å². The van der Waals surface area contributed by atoms with Crippen molar-refractivity contribution in [1.29, 1.82) is 0 Å². The van der Waals surface area contributed by atoms with E-state index in [1.54, 1.807) is 6.33 Å². The van der Waals surface area contributed by atoms with Crippen LogP contribution in [0.2, 0.25) is 0 Å². The standard InChI is InChI=1S/C14H22N6/c1-5-19-9-17-12-13(19)15-8-16-14(12)20-7-6-11(10(20)2)18(3)4/h8-11H,5-7H2,1-4H3/t10-,11+/m1/s1. The van der Waals surface area contributed by atoms with Gasteiger partial charge in [0.25, 0.3) is 0 Å². The minimum Gasteiger partial charge on any atom is -0.350 e. The van der Waals surface area contributed by atoms with Gasteiger partial charge >= 0.3 is 0 Å². The van der Waals surface area contributed by atoms with Crippen LogP contribution in [0, 0.1) is 0 Å². The number of aryl methyl sites for hydroxylation is 1. The van der Waals surface area contributed by atoms with E-state index < -0.39 is 0 Å². The quantitative estimate of drug-likeness (QED) is 0.846. The van der Waals surface area contributed by atoms with Crippen LogP contribution >= 0.6 is 0 Å². The lowest BCUT2D eigenvalue weighted by Gasteiger charge is -2.29. The lowest BCUT2D eigenvalue weighted by atomic mass is 10.1. The monoisotopic (exact) mass is 274 g/mol. The maximum absolute atomic E-state index is 4.52. The number of aromatic nitrogens is 4. The largest absolute Gasteiger partial charge is 0.350 e. The topological polar surface area (TPSA) is 50.1 Å². The molecule has 2 atom stereocenters. The Kier molecular flexibility index (Phi) is 3.33. The summed E-state index contributed by atoms with van der Waals surface area (Å²) in [5.74, 6) is 0.971. The summed E-state index contributed by atoms with van der Waals surface area (Å²) in [7, 11) is 4.29. The van der Waals surface area contributed by atoms with Crippen molar-refractivity contribution in [1.82, 2.24) is 24.4 Å². The highest BCUT2D eigenvalue weighted by Crippen LogP contribution is 2.30. The Labute approximate surface area is 119 Å². The van der Waals surface area contributed by atoms with Crippen LogP contribution < -0.4 is 4.90 Å². The molecule has 6 nitrogen and oxygen atoms in total. The number of fused-ring (bicyclic) bond motifs is 1. The van der Waals surface area contributed by atoms with Crippen LogP contribution in [-0.2, 0) is 6.54 Å². The van der Waals surface area contributed by atoms with E-state index in [1.165, 1.54) is 0 Å². The summed E-state index contributed by atoms with van der Waals surface area (Å²) in [5.41, 5.74) is 1.85. The molecule has 0 bridgehead atoms. The van der Waals surface area contributed by atoms with Gasteiger partial charge in [-0.15, -0.1) is 0 Å². The van der Waals surface area contributed by atoms with Gasteiger partial charge < -0.3 is 14.4 Å². The predicted molar refractivity (Wildman–Crippen MR) is 79.9 cm³/mol. The van der Waals surface area contributed by atoms with Crippen LogP contribution in [0.1, 0.15) is 20.3 Å². The molecule has 3 rings (SSSR count). The Bertz CT molecular complexity index is 605. The summed E-state index contributed by atoms with van der Waals surface area (Å²) in [5, 5.41) is 0. The van der Waals surface area contributed by atoms with Crippen LogP contribution in [0.5, 0.6) is 0 Å². The van der Waals surface area contributed by atoms with E-state index in [-0.39, 0.29) is 0 Å². The van der Waals surface area contributed by atoms with Crippen LogP contribution in [0.15, 0.2) is 12.7 Å². The first-order valence-electron chi connectivity index (χ1n) is 7.22. The molecule has 0 aromatic carbocycles. The van der Waals surface area contributed by atoms with Crippen molar-refractivity contribution in [3.05, 3.63) is 12.7 Å². The van der Waals surface area contributed by atoms with Crippen molar-refractivity contribution in [2.24, 2.45) is 0 Å². The Morgan fingerprint density at radius 1 is 1.30 bits per heavy atom. The molecule has 3 heterocycles. The van der Waals surface area contributed by atoms with Gasteiger partial charge in [0.05, 0.1) is 6.33 Å². The van der Waals surface area contributed by atoms with Gasteiger partial charge in [-0.25, -0.2) is 15.0 Å². The molecular weight excluding hydrogens is 252 g/mol. The zero-order valence-electron chi connectivity index (χ0n) is 12.6. The SMILES string of the molecule is CCn1cnc2c(N3CC[C@H](N(C)C)[C@H]3C)ncnc21. The molecular formula is C14H22N6. The molecule has 1 aliphatic heterocycles. The fraction of sp³-hybridized carbons (Fsp3) is 0.643. The molecule has 20 heavy (non-hydrogen) atoms. The second-order valence-corrected chi connectivity index (χ2v) is 5.65. The molecule has 0 amide bonds. The molecule has 2 aromatic heterocycles. The van der Waals surface area contributed by atoms with Crippen molar-refractivity contribution in [2.45, 2.75) is 38.9 Å². The summed E-state index contributed by atoms with van der Waals surface area (Å²) in [6.45, 7) is 6.27. The third-order valence-corrected chi connectivity index (χ3v) is 4.37. The summed E-state index contributed by atoms with van der Waals surface area (Å²) < 4.78 is 2.06. The fourth-order valence-corrected chi connectivity index (χ4v) is 3.22. The first-order valence-corrected chi connectivity index (χ1v) is 7.22. The van der Waals surface area contributed by atoms with E-state index >= 15 is 0 Å². The minimum absolute atomic E-state index is 0.440. The third-order valence-electron chi connectivity index (χ3n) is 4.37. The van der Waals surface area contributed by atoms with Gasteiger partial charge in [0, 0.05) is 25.2 Å². The second kappa shape index (κ2) is 5.01. The lowest BCUT2D eigenvalue weighted by molar-refractivity contribution is 0.283. The van der Waals surface area contributed by atoms with Crippen molar-refractivity contribution < 1.29 is 0 Å². The average Bonchev–Trinajstić information content (AvgIpc) is 3.01. The van der Waals surface area contributed by atoms with Crippen LogP contribution in [-0.4, -0.2) is 57.1 Å². The number of nitrogens with zero attached hydrogens (tertiary/aromatic N) is 6. The third kappa shape index (κ3) is 1.95. The summed E-state index contributed by atoms with van der Waals surface area (Å²) in [6.07, 6.45) is 4.67. The molecule has 0 N–H and O–H groups in total. The van der Waals surface area contributed by atoms with E-state index in [1.807, 2.05) is 6.33 Å². The Morgan fingerprint density at radius 3 is 2.75 bits per heavy atom. The van der Waals surface area contributed by atoms with Crippen molar-refractivity contribution in [2.75, 3.05) is 25.5 Å². The van der Waals surface area contributed by atoms with Gasteiger partial charge in [-0.3, -0.25) is 0 Å². The molecule has 2 aromatic rings. The van der Waals surface area contributed by atoms with Gasteiger partial charge in [-0.2, -0.15) is 0 Å². The summed E-state index contributed by atoms with van der Waals surface area (Å²) in [6, 6.07) is 1.00. The van der Waals surface area contributed by atoms with Gasteiger partial charge in [0.15, 0.2) is 17.0 Å². The van der Waals surface area contributed by atoms with E-state index in [2.05, 4.69) is 57.3 Å². The maximum atomic E-state index is 4.52. The van der Waals surface area contributed by atoms with Crippen LogP contribution in [0.25, 0.3) is 11.2 Å². The number of hydrogen-bond donors (Lipinski definition) is 0. The van der Waals surface area contributed by atoms with Gasteiger partial charge in [-0.1, -0.05) is 0 Å². The van der Waals surface area contributed by atoms with Gasteiger partial charge in [0.1, 0.15) is 6.33 Å². The van der Waals surface area contributed by atoms with Crippen molar-refractivity contribution in [3.63, 3.8) is 0 Å². The Morgan fingerprint density at radius 2 is 2.10 bits per heavy atom. The molecule has 0 unspecified atom stereocenters. The molecule has 6 heteroatoms. The zero-order valence-corrected chi connectivity index (χ0v) is 12.6. The van der Waals surface area contributed by atoms with E-state index in [4.69, 9.17) is 0 Å². The predicted octanol–water partition coefficient (Wildman–Crippen LogP) is 1.37. The smallest absolute Gasteiger partial charge is 0.165 e. The van der Waals surface area contributed by atoms with Crippen LogP contribution in [0.3, 0.4) is 0 Å². The highest BCUT2D eigenvalue weighted by Gasteiger charge is 2.34. The molecule has 1 fully saturated rings. The Balaban J connectivity index is 2.01. The maximum Gasteiger partial charge on any atom is 0.165 e. The van der Waals surface area contributed by atoms with Crippen LogP contribution in [0.4, 0.5) is 5.82 Å². The number of rotatable bonds is 3. The number of anilines is 1.